The predicted octanol–water partition coefficient (Wildman–Crippen LogP) is 3.25. The molecule has 0 aliphatic carbocycles. The number of rotatable bonds is 6. The molecule has 0 bridgehead atoms. The van der Waals surface area contributed by atoms with Gasteiger partial charge in [-0.2, -0.15) is 0 Å². The second-order valence-electron chi connectivity index (χ2n) is 7.60. The zero-order valence-electron chi connectivity index (χ0n) is 17.5. The molecule has 4 rings (SSSR count). The summed E-state index contributed by atoms with van der Waals surface area (Å²) in [5, 5.41) is 5.69. The average molecular weight is 428 g/mol. The van der Waals surface area contributed by atoms with Gasteiger partial charge in [0.1, 0.15) is 6.04 Å². The highest BCUT2D eigenvalue weighted by molar-refractivity contribution is 6.02. The van der Waals surface area contributed by atoms with E-state index in [9.17, 15) is 14.4 Å². The van der Waals surface area contributed by atoms with Gasteiger partial charge in [0.05, 0.1) is 12.2 Å². The van der Waals surface area contributed by atoms with Crippen molar-refractivity contribution in [2.45, 2.75) is 25.4 Å². The summed E-state index contributed by atoms with van der Waals surface area (Å²) in [6.07, 6.45) is 3.05. The van der Waals surface area contributed by atoms with Crippen molar-refractivity contribution in [1.29, 1.82) is 0 Å². The van der Waals surface area contributed by atoms with Gasteiger partial charge in [-0.25, -0.2) is 0 Å². The van der Waals surface area contributed by atoms with Gasteiger partial charge in [0, 0.05) is 29.6 Å². The van der Waals surface area contributed by atoms with E-state index in [0.717, 1.165) is 12.1 Å². The van der Waals surface area contributed by atoms with E-state index in [2.05, 4.69) is 15.6 Å². The third kappa shape index (κ3) is 5.00. The van der Waals surface area contributed by atoms with E-state index >= 15 is 0 Å². The Morgan fingerprint density at radius 3 is 2.50 bits per heavy atom. The Morgan fingerprint density at radius 2 is 1.72 bits per heavy atom. The molecule has 0 saturated carbocycles. The summed E-state index contributed by atoms with van der Waals surface area (Å²) < 4.78 is 0. The topological polar surface area (TPSA) is 91.4 Å². The van der Waals surface area contributed by atoms with E-state index in [4.69, 9.17) is 0 Å². The van der Waals surface area contributed by atoms with Crippen LogP contribution in [0.5, 0.6) is 0 Å². The maximum absolute atomic E-state index is 12.9. The molecule has 2 heterocycles. The lowest BCUT2D eigenvalue weighted by Gasteiger charge is -2.24. The standard InChI is InChI=1S/C25H24N4O3/c30-23(27-17-21-11-4-5-14-26-21)19-10-6-12-20(16-19)28-24(31)22-13-7-15-29(22)25(32)18-8-2-1-3-9-18/h1-6,8-12,14,16,22H,7,13,15,17H2,(H,27,30)(H,28,31). The minimum atomic E-state index is -0.538. The molecule has 0 spiro atoms. The van der Waals surface area contributed by atoms with Crippen molar-refractivity contribution in [2.24, 2.45) is 0 Å². The Balaban J connectivity index is 1.40. The molecule has 2 N–H and O–H groups in total. The summed E-state index contributed by atoms with van der Waals surface area (Å²) in [5.74, 6) is -0.655. The fourth-order valence-electron chi connectivity index (χ4n) is 3.77. The van der Waals surface area contributed by atoms with E-state index in [1.165, 1.54) is 0 Å². The molecule has 7 nitrogen and oxygen atoms in total. The van der Waals surface area contributed by atoms with Crippen LogP contribution in [0.15, 0.2) is 79.0 Å². The second-order valence-corrected chi connectivity index (χ2v) is 7.60. The highest BCUT2D eigenvalue weighted by Crippen LogP contribution is 2.22. The zero-order chi connectivity index (χ0) is 22.3. The van der Waals surface area contributed by atoms with E-state index in [1.807, 2.05) is 36.4 Å². The van der Waals surface area contributed by atoms with Crippen LogP contribution in [0.1, 0.15) is 39.3 Å². The number of amides is 3. The van der Waals surface area contributed by atoms with Crippen molar-refractivity contribution in [2.75, 3.05) is 11.9 Å². The lowest BCUT2D eigenvalue weighted by Crippen LogP contribution is -2.43. The quantitative estimate of drug-likeness (QED) is 0.631. The molecule has 3 amide bonds. The Morgan fingerprint density at radius 1 is 0.938 bits per heavy atom. The second kappa shape index (κ2) is 9.87. The Labute approximate surface area is 186 Å². The maximum atomic E-state index is 12.9. The molecule has 1 atom stereocenters. The number of nitrogens with one attached hydrogen (secondary N) is 2. The fourth-order valence-corrected chi connectivity index (χ4v) is 3.77. The first-order chi connectivity index (χ1) is 15.6. The summed E-state index contributed by atoms with van der Waals surface area (Å²) in [6.45, 7) is 0.858. The molecule has 3 aromatic rings. The first kappa shape index (κ1) is 21.2. The van der Waals surface area contributed by atoms with Gasteiger partial charge in [-0.15, -0.1) is 0 Å². The number of hydrogen-bond donors (Lipinski definition) is 2. The Kier molecular flexibility index (Phi) is 6.55. The minimum absolute atomic E-state index is 0.147. The van der Waals surface area contributed by atoms with E-state index in [0.29, 0.717) is 36.3 Å². The largest absolute Gasteiger partial charge is 0.346 e. The average Bonchev–Trinajstić information content (AvgIpc) is 3.34. The normalized spacial score (nSPS) is 15.2. The van der Waals surface area contributed by atoms with Crippen LogP contribution in [0.25, 0.3) is 0 Å². The van der Waals surface area contributed by atoms with E-state index in [-0.39, 0.29) is 17.7 Å². The molecule has 1 unspecified atom stereocenters. The number of benzene rings is 2. The molecule has 162 valence electrons. The van der Waals surface area contributed by atoms with Crippen molar-refractivity contribution >= 4 is 23.4 Å². The summed E-state index contributed by atoms with van der Waals surface area (Å²) in [4.78, 5) is 44.1. The van der Waals surface area contributed by atoms with Gasteiger partial charge >= 0.3 is 0 Å². The number of likely N-dealkylation sites (tertiary alicyclic amines) is 1. The summed E-state index contributed by atoms with van der Waals surface area (Å²) in [7, 11) is 0. The van der Waals surface area contributed by atoms with Gasteiger partial charge < -0.3 is 15.5 Å². The predicted molar refractivity (Wildman–Crippen MR) is 121 cm³/mol. The molecule has 1 aromatic heterocycles. The smallest absolute Gasteiger partial charge is 0.254 e. The molecular weight excluding hydrogens is 404 g/mol. The molecular formula is C25H24N4O3. The summed E-state index contributed by atoms with van der Waals surface area (Å²) in [5.41, 5.74) is 2.27. The van der Waals surface area contributed by atoms with Gasteiger partial charge in [0.2, 0.25) is 5.91 Å². The van der Waals surface area contributed by atoms with E-state index < -0.39 is 6.04 Å². The van der Waals surface area contributed by atoms with Gasteiger partial charge in [-0.1, -0.05) is 30.3 Å². The van der Waals surface area contributed by atoms with Crippen molar-refractivity contribution < 1.29 is 14.4 Å². The van der Waals surface area contributed by atoms with Gasteiger partial charge in [0.15, 0.2) is 0 Å². The lowest BCUT2D eigenvalue weighted by atomic mass is 10.1. The minimum Gasteiger partial charge on any atom is -0.346 e. The SMILES string of the molecule is O=C(NCc1ccccn1)c1cccc(NC(=O)C2CCCN2C(=O)c2ccccc2)c1. The van der Waals surface area contributed by atoms with Crippen LogP contribution in [-0.4, -0.2) is 40.2 Å². The van der Waals surface area contributed by atoms with Crippen LogP contribution in [0, 0.1) is 0 Å². The zero-order valence-corrected chi connectivity index (χ0v) is 17.5. The highest BCUT2D eigenvalue weighted by atomic mass is 16.2. The molecule has 0 radical (unpaired) electrons. The number of nitrogens with zero attached hydrogens (tertiary/aromatic N) is 2. The number of carbonyl (C=O) groups excluding carboxylic acids is 3. The third-order valence-corrected chi connectivity index (χ3v) is 5.39. The monoisotopic (exact) mass is 428 g/mol. The molecule has 1 aliphatic rings. The van der Waals surface area contributed by atoms with Crippen molar-refractivity contribution in [1.82, 2.24) is 15.2 Å². The lowest BCUT2D eigenvalue weighted by molar-refractivity contribution is -0.119. The van der Waals surface area contributed by atoms with Crippen molar-refractivity contribution in [3.63, 3.8) is 0 Å². The summed E-state index contributed by atoms with van der Waals surface area (Å²) in [6, 6.07) is 20.7. The number of aromatic nitrogens is 1. The Bertz CT molecular complexity index is 1100. The maximum Gasteiger partial charge on any atom is 0.254 e. The highest BCUT2D eigenvalue weighted by Gasteiger charge is 2.34. The Hall–Kier alpha value is -4.00. The van der Waals surface area contributed by atoms with Crippen LogP contribution >= 0.6 is 0 Å². The van der Waals surface area contributed by atoms with Crippen LogP contribution in [0.3, 0.4) is 0 Å². The molecule has 1 aliphatic heterocycles. The number of anilines is 1. The van der Waals surface area contributed by atoms with Crippen LogP contribution in [-0.2, 0) is 11.3 Å². The fraction of sp³-hybridized carbons (Fsp3) is 0.200. The molecule has 2 aromatic carbocycles. The molecule has 1 fully saturated rings. The first-order valence-corrected chi connectivity index (χ1v) is 10.6. The first-order valence-electron chi connectivity index (χ1n) is 10.6. The molecule has 7 heteroatoms. The van der Waals surface area contributed by atoms with Crippen LogP contribution < -0.4 is 10.6 Å². The van der Waals surface area contributed by atoms with Crippen LogP contribution in [0.4, 0.5) is 5.69 Å². The third-order valence-electron chi connectivity index (χ3n) is 5.39. The van der Waals surface area contributed by atoms with Crippen molar-refractivity contribution in [3.05, 3.63) is 95.8 Å². The van der Waals surface area contributed by atoms with Gasteiger partial charge in [0.25, 0.3) is 11.8 Å². The number of pyridine rings is 1. The molecule has 32 heavy (non-hydrogen) atoms. The van der Waals surface area contributed by atoms with E-state index in [1.54, 1.807) is 47.5 Å². The van der Waals surface area contributed by atoms with Crippen LogP contribution in [0.2, 0.25) is 0 Å². The summed E-state index contributed by atoms with van der Waals surface area (Å²) >= 11 is 0. The molecule has 1 saturated heterocycles. The number of hydrogen-bond acceptors (Lipinski definition) is 4. The number of carbonyl (C=O) groups is 3. The van der Waals surface area contributed by atoms with Gasteiger partial charge in [-0.05, 0) is 55.3 Å². The van der Waals surface area contributed by atoms with Crippen molar-refractivity contribution in [3.8, 4) is 0 Å². The van der Waals surface area contributed by atoms with Gasteiger partial charge in [-0.3, -0.25) is 19.4 Å².